The van der Waals surface area contributed by atoms with E-state index in [4.69, 9.17) is 11.6 Å². The van der Waals surface area contributed by atoms with E-state index in [9.17, 15) is 4.79 Å². The molecule has 1 fully saturated rings. The first-order valence-electron chi connectivity index (χ1n) is 11.1. The molecule has 1 aliphatic heterocycles. The van der Waals surface area contributed by atoms with Gasteiger partial charge >= 0.3 is 0 Å². The van der Waals surface area contributed by atoms with E-state index < -0.39 is 0 Å². The van der Waals surface area contributed by atoms with Crippen molar-refractivity contribution in [3.05, 3.63) is 69.9 Å². The molecule has 3 aromatic heterocycles. The lowest BCUT2D eigenvalue weighted by molar-refractivity contribution is 0.0692. The van der Waals surface area contributed by atoms with Crippen LogP contribution in [0, 0.1) is 5.92 Å². The van der Waals surface area contributed by atoms with Crippen molar-refractivity contribution in [3.8, 4) is 17.1 Å². The van der Waals surface area contributed by atoms with Crippen LogP contribution < -0.4 is 0 Å². The number of hydrogen-bond donors (Lipinski definition) is 0. The smallest absolute Gasteiger partial charge is 0.273 e. The van der Waals surface area contributed by atoms with Gasteiger partial charge in [-0.15, -0.1) is 21.5 Å². The molecule has 5 rings (SSSR count). The van der Waals surface area contributed by atoms with E-state index in [0.717, 1.165) is 42.2 Å². The number of amides is 1. The van der Waals surface area contributed by atoms with Gasteiger partial charge in [0.1, 0.15) is 10.7 Å². The van der Waals surface area contributed by atoms with Gasteiger partial charge in [-0.3, -0.25) is 14.3 Å². The minimum Gasteiger partial charge on any atom is -0.337 e. The highest BCUT2D eigenvalue weighted by Crippen LogP contribution is 2.31. The lowest BCUT2D eigenvalue weighted by Crippen LogP contribution is -2.38. The van der Waals surface area contributed by atoms with Crippen molar-refractivity contribution < 1.29 is 4.79 Å². The zero-order valence-electron chi connectivity index (χ0n) is 18.6. The molecule has 0 aliphatic carbocycles. The summed E-state index contributed by atoms with van der Waals surface area (Å²) in [6, 6.07) is 11.4. The number of hydrogen-bond acceptors (Lipinski definition) is 7. The number of nitrogens with zero attached hydrogens (tertiary/aromatic N) is 6. The molecular formula is C24H23ClN6OS2. The van der Waals surface area contributed by atoms with E-state index in [2.05, 4.69) is 27.1 Å². The van der Waals surface area contributed by atoms with Crippen LogP contribution in [0.15, 0.2) is 59.3 Å². The molecule has 0 bridgehead atoms. The first-order chi connectivity index (χ1) is 16.6. The highest BCUT2D eigenvalue weighted by Gasteiger charge is 2.23. The number of aromatic nitrogens is 5. The van der Waals surface area contributed by atoms with Crippen LogP contribution in [0.4, 0.5) is 0 Å². The van der Waals surface area contributed by atoms with Gasteiger partial charge in [0, 0.05) is 41.4 Å². The van der Waals surface area contributed by atoms with Crippen molar-refractivity contribution in [2.24, 2.45) is 5.92 Å². The molecule has 1 aromatic carbocycles. The van der Waals surface area contributed by atoms with Crippen molar-refractivity contribution in [3.63, 3.8) is 0 Å². The Morgan fingerprint density at radius 1 is 1.21 bits per heavy atom. The van der Waals surface area contributed by atoms with E-state index in [-0.39, 0.29) is 5.91 Å². The van der Waals surface area contributed by atoms with Crippen molar-refractivity contribution in [2.75, 3.05) is 13.1 Å². The molecule has 34 heavy (non-hydrogen) atoms. The van der Waals surface area contributed by atoms with Crippen molar-refractivity contribution in [1.82, 2.24) is 29.6 Å². The molecule has 0 radical (unpaired) electrons. The van der Waals surface area contributed by atoms with Gasteiger partial charge < -0.3 is 4.90 Å². The zero-order valence-corrected chi connectivity index (χ0v) is 21.0. The molecule has 0 N–H and O–H groups in total. The summed E-state index contributed by atoms with van der Waals surface area (Å²) in [5.41, 5.74) is 2.26. The lowest BCUT2D eigenvalue weighted by Gasteiger charge is -2.29. The number of thioether (sulfide) groups is 1. The molecule has 0 saturated carbocycles. The predicted molar refractivity (Wildman–Crippen MR) is 136 cm³/mol. The van der Waals surface area contributed by atoms with E-state index >= 15 is 0 Å². The number of piperidine rings is 1. The number of carbonyl (C=O) groups is 1. The van der Waals surface area contributed by atoms with Crippen LogP contribution in [-0.4, -0.2) is 48.6 Å². The Hall–Kier alpha value is -2.75. The number of pyridine rings is 1. The zero-order chi connectivity index (χ0) is 23.5. The number of benzene rings is 1. The third-order valence-corrected chi connectivity index (χ3v) is 7.99. The lowest BCUT2D eigenvalue weighted by atomic mass is 9.99. The fourth-order valence-electron chi connectivity index (χ4n) is 3.87. The van der Waals surface area contributed by atoms with E-state index in [0.29, 0.717) is 33.4 Å². The molecule has 10 heteroatoms. The van der Waals surface area contributed by atoms with Gasteiger partial charge in [0.05, 0.1) is 11.4 Å². The van der Waals surface area contributed by atoms with Gasteiger partial charge in [-0.1, -0.05) is 36.4 Å². The monoisotopic (exact) mass is 510 g/mol. The summed E-state index contributed by atoms with van der Waals surface area (Å²) in [6.07, 6.45) is 5.60. The predicted octanol–water partition coefficient (Wildman–Crippen LogP) is 5.60. The molecule has 1 amide bonds. The second kappa shape index (κ2) is 10.2. The molecule has 0 spiro atoms. The average molecular weight is 511 g/mol. The Labute approximate surface area is 211 Å². The summed E-state index contributed by atoms with van der Waals surface area (Å²) < 4.78 is 1.97. The fraction of sp³-hybridized carbons (Fsp3) is 0.292. The second-order valence-corrected chi connectivity index (χ2v) is 10.6. The number of carbonyl (C=O) groups excluding carboxylic acids is 1. The van der Waals surface area contributed by atoms with Crippen LogP contribution in [0.25, 0.3) is 17.1 Å². The van der Waals surface area contributed by atoms with Crippen molar-refractivity contribution in [1.29, 1.82) is 0 Å². The number of halogens is 1. The summed E-state index contributed by atoms with van der Waals surface area (Å²) in [7, 11) is 0. The molecule has 174 valence electrons. The van der Waals surface area contributed by atoms with Crippen LogP contribution in [0.2, 0.25) is 5.02 Å². The summed E-state index contributed by atoms with van der Waals surface area (Å²) in [6.45, 7) is 3.85. The minimum atomic E-state index is 0.0281. The minimum absolute atomic E-state index is 0.0281. The van der Waals surface area contributed by atoms with Crippen LogP contribution in [0.3, 0.4) is 0 Å². The average Bonchev–Trinajstić information content (AvgIpc) is 3.51. The first-order valence-corrected chi connectivity index (χ1v) is 13.3. The quantitative estimate of drug-likeness (QED) is 0.314. The largest absolute Gasteiger partial charge is 0.337 e. The summed E-state index contributed by atoms with van der Waals surface area (Å²) in [5, 5.41) is 13.0. The number of thiazole rings is 1. The van der Waals surface area contributed by atoms with Gasteiger partial charge in [-0.25, -0.2) is 4.98 Å². The third kappa shape index (κ3) is 5.01. The Balaban J connectivity index is 1.36. The van der Waals surface area contributed by atoms with Gasteiger partial charge in [0.2, 0.25) is 0 Å². The van der Waals surface area contributed by atoms with Crippen LogP contribution in [0.1, 0.15) is 35.3 Å². The highest BCUT2D eigenvalue weighted by atomic mass is 35.5. The SMILES string of the molecule is CC1CCN(C(=O)c2csc(CSc3nnc(-c4cccnc4)n3-c3cccc(Cl)c3)n2)CC1. The molecule has 4 aromatic rings. The molecule has 0 unspecified atom stereocenters. The number of rotatable bonds is 6. The Bertz CT molecular complexity index is 1280. The van der Waals surface area contributed by atoms with E-state index in [1.165, 1.54) is 23.1 Å². The normalized spacial score (nSPS) is 14.5. The first kappa shape index (κ1) is 23.0. The maximum Gasteiger partial charge on any atom is 0.273 e. The third-order valence-electron chi connectivity index (χ3n) is 5.79. The topological polar surface area (TPSA) is 76.8 Å². The van der Waals surface area contributed by atoms with Crippen molar-refractivity contribution in [2.45, 2.75) is 30.7 Å². The molecular weight excluding hydrogens is 488 g/mol. The highest BCUT2D eigenvalue weighted by molar-refractivity contribution is 7.98. The molecule has 4 heterocycles. The summed E-state index contributed by atoms with van der Waals surface area (Å²) in [4.78, 5) is 23.6. The maximum absolute atomic E-state index is 12.8. The molecule has 1 aliphatic rings. The van der Waals surface area contributed by atoms with Gasteiger partial charge in [0.25, 0.3) is 5.91 Å². The molecule has 0 atom stereocenters. The standard InChI is InChI=1S/C24H23ClN6OS2/c1-16-7-10-30(11-8-16)23(32)20-14-33-21(27-20)15-34-24-29-28-22(17-4-3-9-26-13-17)31(24)19-6-2-5-18(25)12-19/h2-6,9,12-14,16H,7-8,10-11,15H2,1H3. The Morgan fingerprint density at radius 2 is 2.06 bits per heavy atom. The fourth-order valence-corrected chi connectivity index (χ4v) is 5.79. The maximum atomic E-state index is 12.8. The van der Waals surface area contributed by atoms with Gasteiger partial charge in [0.15, 0.2) is 11.0 Å². The molecule has 1 saturated heterocycles. The number of likely N-dealkylation sites (tertiary alicyclic amines) is 1. The van der Waals surface area contributed by atoms with Crippen molar-refractivity contribution >= 4 is 40.6 Å². The summed E-state index contributed by atoms with van der Waals surface area (Å²) >= 11 is 9.30. The molecule has 7 nitrogen and oxygen atoms in total. The van der Waals surface area contributed by atoms with E-state index in [1.54, 1.807) is 12.4 Å². The van der Waals surface area contributed by atoms with Gasteiger partial charge in [-0.05, 0) is 49.1 Å². The van der Waals surface area contributed by atoms with Crippen LogP contribution in [0.5, 0.6) is 0 Å². The second-order valence-electron chi connectivity index (χ2n) is 8.25. The van der Waals surface area contributed by atoms with Gasteiger partial charge in [-0.2, -0.15) is 0 Å². The van der Waals surface area contributed by atoms with E-state index in [1.807, 2.05) is 51.2 Å². The summed E-state index contributed by atoms with van der Waals surface area (Å²) in [5.74, 6) is 1.98. The Morgan fingerprint density at radius 3 is 2.82 bits per heavy atom. The van der Waals surface area contributed by atoms with Crippen LogP contribution >= 0.6 is 34.7 Å². The Kier molecular flexibility index (Phi) is 6.94. The van der Waals surface area contributed by atoms with Crippen LogP contribution in [-0.2, 0) is 5.75 Å².